The number of nitrogens with zero attached hydrogens (tertiary/aromatic N) is 2. The number of amides is 1. The van der Waals surface area contributed by atoms with Gasteiger partial charge in [-0.3, -0.25) is 9.78 Å². The first-order chi connectivity index (χ1) is 9.41. The van der Waals surface area contributed by atoms with E-state index < -0.39 is 18.1 Å². The number of carboxylic acids is 1. The van der Waals surface area contributed by atoms with Crippen LogP contribution in [-0.4, -0.2) is 45.6 Å². The number of hydrogen-bond donors (Lipinski definition) is 1. The number of ether oxygens (including phenoxy) is 1. The van der Waals surface area contributed by atoms with Gasteiger partial charge in [-0.15, -0.1) is 0 Å². The minimum absolute atomic E-state index is 0.135. The molecule has 1 aliphatic rings. The van der Waals surface area contributed by atoms with Crippen molar-refractivity contribution in [1.29, 1.82) is 0 Å². The molecule has 0 spiro atoms. The molecule has 0 radical (unpaired) electrons. The van der Waals surface area contributed by atoms with Gasteiger partial charge in [-0.2, -0.15) is 0 Å². The maximum Gasteiger partial charge on any atom is 0.335 e. The third-order valence-corrected chi connectivity index (χ3v) is 3.58. The molecule has 1 aromatic heterocycles. The van der Waals surface area contributed by atoms with Crippen molar-refractivity contribution >= 4 is 27.8 Å². The molecular weight excluding hydrogens is 328 g/mol. The van der Waals surface area contributed by atoms with Crippen LogP contribution in [0.4, 0.5) is 0 Å². The van der Waals surface area contributed by atoms with Crippen molar-refractivity contribution in [1.82, 2.24) is 9.88 Å². The summed E-state index contributed by atoms with van der Waals surface area (Å²) < 4.78 is 5.97. The van der Waals surface area contributed by atoms with Gasteiger partial charge in [0, 0.05) is 16.7 Å². The van der Waals surface area contributed by atoms with E-state index in [-0.39, 0.29) is 18.6 Å². The number of morpholine rings is 1. The zero-order valence-corrected chi connectivity index (χ0v) is 12.7. The third kappa shape index (κ3) is 2.83. The Kier molecular flexibility index (Phi) is 4.39. The molecule has 6 nitrogen and oxygen atoms in total. The second-order valence-electron chi connectivity index (χ2n) is 4.81. The fraction of sp³-hybridized carbons (Fsp3) is 0.462. The van der Waals surface area contributed by atoms with Gasteiger partial charge >= 0.3 is 5.97 Å². The van der Waals surface area contributed by atoms with Crippen LogP contribution in [0.15, 0.2) is 22.8 Å². The van der Waals surface area contributed by atoms with Crippen molar-refractivity contribution in [2.75, 3.05) is 6.61 Å². The molecule has 0 aliphatic carbocycles. The number of aliphatic carboxylic acids is 1. The van der Waals surface area contributed by atoms with Crippen molar-refractivity contribution in [3.05, 3.63) is 28.5 Å². The van der Waals surface area contributed by atoms with Crippen molar-refractivity contribution in [2.24, 2.45) is 0 Å². The normalized spacial score (nSPS) is 23.2. The van der Waals surface area contributed by atoms with E-state index in [1.54, 1.807) is 18.3 Å². The molecule has 1 saturated heterocycles. The Morgan fingerprint density at radius 3 is 2.75 bits per heavy atom. The van der Waals surface area contributed by atoms with E-state index in [1.165, 1.54) is 4.90 Å². The average Bonchev–Trinajstić information content (AvgIpc) is 2.38. The first kappa shape index (κ1) is 14.9. The molecule has 1 aromatic rings. The lowest BCUT2D eigenvalue weighted by molar-refractivity contribution is -0.175. The highest BCUT2D eigenvalue weighted by atomic mass is 79.9. The molecule has 1 fully saturated rings. The van der Waals surface area contributed by atoms with Gasteiger partial charge in [0.25, 0.3) is 0 Å². The molecule has 1 N–H and O–H groups in total. The van der Waals surface area contributed by atoms with E-state index in [1.807, 2.05) is 13.8 Å². The first-order valence-corrected chi connectivity index (χ1v) is 6.98. The summed E-state index contributed by atoms with van der Waals surface area (Å²) in [5, 5.41) is 9.31. The standard InChI is InChI=1S/C13H15BrN2O4/c1-7(2)16-10(17)6-20-12(13(18)19)11(16)9-4-3-8(14)5-15-9/h3-5,7,11-12H,6H2,1-2H3,(H,18,19). The zero-order chi connectivity index (χ0) is 14.9. The number of pyridine rings is 1. The predicted octanol–water partition coefficient (Wildman–Crippen LogP) is 1.61. The van der Waals surface area contributed by atoms with E-state index in [0.717, 1.165) is 4.47 Å². The average molecular weight is 343 g/mol. The van der Waals surface area contributed by atoms with E-state index in [9.17, 15) is 14.7 Å². The number of halogens is 1. The van der Waals surface area contributed by atoms with Crippen LogP contribution in [0.25, 0.3) is 0 Å². The molecule has 2 atom stereocenters. The first-order valence-electron chi connectivity index (χ1n) is 6.19. The van der Waals surface area contributed by atoms with Crippen LogP contribution in [0.3, 0.4) is 0 Å². The minimum Gasteiger partial charge on any atom is -0.479 e. The lowest BCUT2D eigenvalue weighted by Gasteiger charge is -2.41. The predicted molar refractivity (Wildman–Crippen MR) is 74.0 cm³/mol. The lowest BCUT2D eigenvalue weighted by Crippen LogP contribution is -2.54. The van der Waals surface area contributed by atoms with Crippen LogP contribution in [0, 0.1) is 0 Å². The highest BCUT2D eigenvalue weighted by molar-refractivity contribution is 9.10. The van der Waals surface area contributed by atoms with Crippen LogP contribution < -0.4 is 0 Å². The van der Waals surface area contributed by atoms with E-state index in [4.69, 9.17) is 4.74 Å². The molecule has 2 heterocycles. The molecule has 0 bridgehead atoms. The minimum atomic E-state index is -1.11. The largest absolute Gasteiger partial charge is 0.479 e. The van der Waals surface area contributed by atoms with E-state index in [0.29, 0.717) is 5.69 Å². The van der Waals surface area contributed by atoms with Gasteiger partial charge in [-0.1, -0.05) is 0 Å². The maximum absolute atomic E-state index is 12.0. The lowest BCUT2D eigenvalue weighted by atomic mass is 10.0. The van der Waals surface area contributed by atoms with Crippen molar-refractivity contribution in [3.8, 4) is 0 Å². The van der Waals surface area contributed by atoms with Crippen LogP contribution in [0.1, 0.15) is 25.6 Å². The molecular formula is C13H15BrN2O4. The van der Waals surface area contributed by atoms with Gasteiger partial charge in [0.2, 0.25) is 5.91 Å². The van der Waals surface area contributed by atoms with Gasteiger partial charge in [0.1, 0.15) is 12.6 Å². The van der Waals surface area contributed by atoms with Gasteiger partial charge < -0.3 is 14.7 Å². The van der Waals surface area contributed by atoms with Crippen LogP contribution in [0.2, 0.25) is 0 Å². The Bertz CT molecular complexity index is 518. The summed E-state index contributed by atoms with van der Waals surface area (Å²) in [6.45, 7) is 3.46. The molecule has 0 aromatic carbocycles. The quantitative estimate of drug-likeness (QED) is 0.902. The molecule has 7 heteroatoms. The Labute approximate surface area is 124 Å². The second kappa shape index (κ2) is 5.88. The van der Waals surface area contributed by atoms with Crippen molar-refractivity contribution < 1.29 is 19.4 Å². The Hall–Kier alpha value is -1.47. The maximum atomic E-state index is 12.0. The zero-order valence-electron chi connectivity index (χ0n) is 11.1. The SMILES string of the molecule is CC(C)N1C(=O)COC(C(=O)O)C1c1ccc(Br)cn1. The number of aromatic nitrogens is 1. The summed E-state index contributed by atoms with van der Waals surface area (Å²) in [5.41, 5.74) is 0.502. The molecule has 0 saturated carbocycles. The monoisotopic (exact) mass is 342 g/mol. The van der Waals surface area contributed by atoms with Crippen LogP contribution >= 0.6 is 15.9 Å². The molecule has 2 unspecified atom stereocenters. The highest BCUT2D eigenvalue weighted by Gasteiger charge is 2.43. The molecule has 2 rings (SSSR count). The van der Waals surface area contributed by atoms with E-state index >= 15 is 0 Å². The van der Waals surface area contributed by atoms with Crippen LogP contribution in [-0.2, 0) is 14.3 Å². The van der Waals surface area contributed by atoms with Crippen molar-refractivity contribution in [3.63, 3.8) is 0 Å². The summed E-state index contributed by atoms with van der Waals surface area (Å²) in [7, 11) is 0. The summed E-state index contributed by atoms with van der Waals surface area (Å²) in [4.78, 5) is 29.1. The third-order valence-electron chi connectivity index (χ3n) is 3.11. The summed E-state index contributed by atoms with van der Waals surface area (Å²) in [6.07, 6.45) is 0.468. The summed E-state index contributed by atoms with van der Waals surface area (Å²) in [6, 6.07) is 2.60. The summed E-state index contributed by atoms with van der Waals surface area (Å²) in [5.74, 6) is -1.33. The van der Waals surface area contributed by atoms with Gasteiger partial charge in [-0.25, -0.2) is 4.79 Å². The Morgan fingerprint density at radius 1 is 1.55 bits per heavy atom. The summed E-state index contributed by atoms with van der Waals surface area (Å²) >= 11 is 3.28. The topological polar surface area (TPSA) is 79.7 Å². The smallest absolute Gasteiger partial charge is 0.335 e. The molecule has 1 amide bonds. The number of hydrogen-bond acceptors (Lipinski definition) is 4. The highest BCUT2D eigenvalue weighted by Crippen LogP contribution is 2.31. The van der Waals surface area contributed by atoms with Gasteiger partial charge in [-0.05, 0) is 41.9 Å². The van der Waals surface area contributed by atoms with Crippen molar-refractivity contribution in [2.45, 2.75) is 32.0 Å². The number of carbonyl (C=O) groups excluding carboxylic acids is 1. The Balaban J connectivity index is 2.45. The van der Waals surface area contributed by atoms with Crippen LogP contribution in [0.5, 0.6) is 0 Å². The number of carbonyl (C=O) groups is 2. The number of carboxylic acid groups (broad SMARTS) is 1. The fourth-order valence-electron chi connectivity index (χ4n) is 2.30. The van der Waals surface area contributed by atoms with Gasteiger partial charge in [0.05, 0.1) is 5.69 Å². The fourth-order valence-corrected chi connectivity index (χ4v) is 2.54. The van der Waals surface area contributed by atoms with E-state index in [2.05, 4.69) is 20.9 Å². The second-order valence-corrected chi connectivity index (χ2v) is 5.73. The number of rotatable bonds is 3. The molecule has 1 aliphatic heterocycles. The Morgan fingerprint density at radius 2 is 2.25 bits per heavy atom. The molecule has 108 valence electrons. The molecule has 20 heavy (non-hydrogen) atoms. The van der Waals surface area contributed by atoms with Gasteiger partial charge in [0.15, 0.2) is 6.10 Å².